The normalized spacial score (nSPS) is 9.39. The monoisotopic (exact) mass is 260 g/mol. The quantitative estimate of drug-likeness (QED) is 0.487. The van der Waals surface area contributed by atoms with Crippen LogP contribution in [0.2, 0.25) is 0 Å². The van der Waals surface area contributed by atoms with E-state index < -0.39 is 0 Å². The number of hydrogen-bond acceptors (Lipinski definition) is 3. The molecule has 0 spiro atoms. The first kappa shape index (κ1) is 19.2. The lowest BCUT2D eigenvalue weighted by Crippen LogP contribution is -2.30. The molecule has 0 aliphatic heterocycles. The number of unbranched alkanes of at least 4 members (excludes halogenated alkanes) is 1. The van der Waals surface area contributed by atoms with Crippen molar-refractivity contribution in [3.8, 4) is 0 Å². The summed E-state index contributed by atoms with van der Waals surface area (Å²) in [6.07, 6.45) is 3.72. The van der Waals surface area contributed by atoms with Crippen LogP contribution in [-0.4, -0.2) is 38.1 Å². The second kappa shape index (κ2) is 15.9. The first-order valence-corrected chi connectivity index (χ1v) is 6.63. The van der Waals surface area contributed by atoms with Gasteiger partial charge in [0.15, 0.2) is 0 Å². The molecule has 2 amide bonds. The van der Waals surface area contributed by atoms with Crippen LogP contribution in [0.4, 0.5) is 0 Å². The van der Waals surface area contributed by atoms with E-state index in [1.807, 2.05) is 13.8 Å². The van der Waals surface area contributed by atoms with Crippen LogP contribution in [0.15, 0.2) is 0 Å². The Kier molecular flexibility index (Phi) is 17.0. The minimum Gasteiger partial charge on any atom is -0.369 e. The van der Waals surface area contributed by atoms with Crippen LogP contribution < -0.4 is 10.6 Å². The standard InChI is InChI=1S/C10H20N2O3.C3H8/c1-9(2)15-7-10(14)12-6-4-3-5-11-8-13;1-3-2/h8-9H,3-7H2,1-2H3,(H,11,13)(H,12,14);3H2,1-2H3. The summed E-state index contributed by atoms with van der Waals surface area (Å²) in [7, 11) is 0. The summed E-state index contributed by atoms with van der Waals surface area (Å²) in [4.78, 5) is 21.0. The van der Waals surface area contributed by atoms with Gasteiger partial charge in [-0.3, -0.25) is 9.59 Å². The van der Waals surface area contributed by atoms with Crippen molar-refractivity contribution in [2.75, 3.05) is 19.7 Å². The zero-order chi connectivity index (χ0) is 14.2. The minimum absolute atomic E-state index is 0.0764. The Hall–Kier alpha value is -1.10. The lowest BCUT2D eigenvalue weighted by molar-refractivity contribution is -0.127. The number of nitrogens with one attached hydrogen (secondary N) is 2. The van der Waals surface area contributed by atoms with E-state index >= 15 is 0 Å². The molecule has 0 unspecified atom stereocenters. The van der Waals surface area contributed by atoms with Gasteiger partial charge in [0.1, 0.15) is 6.61 Å². The van der Waals surface area contributed by atoms with Gasteiger partial charge in [0.2, 0.25) is 12.3 Å². The van der Waals surface area contributed by atoms with E-state index in [2.05, 4.69) is 24.5 Å². The molecule has 0 heterocycles. The molecule has 18 heavy (non-hydrogen) atoms. The molecule has 5 nitrogen and oxygen atoms in total. The van der Waals surface area contributed by atoms with Crippen molar-refractivity contribution in [3.05, 3.63) is 0 Å². The highest BCUT2D eigenvalue weighted by molar-refractivity contribution is 5.77. The zero-order valence-electron chi connectivity index (χ0n) is 12.1. The van der Waals surface area contributed by atoms with Crippen molar-refractivity contribution in [3.63, 3.8) is 0 Å². The Morgan fingerprint density at radius 1 is 1.22 bits per heavy atom. The number of amides is 2. The van der Waals surface area contributed by atoms with Crippen molar-refractivity contribution < 1.29 is 14.3 Å². The van der Waals surface area contributed by atoms with Crippen LogP contribution in [0.25, 0.3) is 0 Å². The third-order valence-electron chi connectivity index (χ3n) is 1.70. The number of rotatable bonds is 9. The molecule has 0 radical (unpaired) electrons. The van der Waals surface area contributed by atoms with Gasteiger partial charge in [-0.15, -0.1) is 0 Å². The van der Waals surface area contributed by atoms with Gasteiger partial charge >= 0.3 is 0 Å². The zero-order valence-corrected chi connectivity index (χ0v) is 12.1. The van der Waals surface area contributed by atoms with Crippen LogP contribution in [-0.2, 0) is 14.3 Å². The SMILES string of the molecule is CC(C)OCC(=O)NCCCCNC=O.CCC. The molecular weight excluding hydrogens is 232 g/mol. The van der Waals surface area contributed by atoms with Crippen LogP contribution in [0.5, 0.6) is 0 Å². The third-order valence-corrected chi connectivity index (χ3v) is 1.70. The Labute approximate surface area is 111 Å². The number of carbonyl (C=O) groups is 2. The van der Waals surface area contributed by atoms with Crippen LogP contribution in [0, 0.1) is 0 Å². The fourth-order valence-electron chi connectivity index (χ4n) is 0.932. The molecule has 0 saturated heterocycles. The van der Waals surface area contributed by atoms with E-state index in [0.717, 1.165) is 12.8 Å². The number of hydrogen-bond donors (Lipinski definition) is 2. The maximum Gasteiger partial charge on any atom is 0.246 e. The second-order valence-electron chi connectivity index (χ2n) is 4.20. The molecule has 0 aromatic heterocycles. The molecular formula is C13H28N2O3. The van der Waals surface area contributed by atoms with Crippen molar-refractivity contribution in [1.29, 1.82) is 0 Å². The average Bonchev–Trinajstić information content (AvgIpc) is 2.32. The molecule has 0 aliphatic carbocycles. The Morgan fingerprint density at radius 2 is 1.78 bits per heavy atom. The molecule has 0 aromatic carbocycles. The van der Waals surface area contributed by atoms with Crippen molar-refractivity contribution in [1.82, 2.24) is 10.6 Å². The average molecular weight is 260 g/mol. The van der Waals surface area contributed by atoms with Crippen molar-refractivity contribution in [2.45, 2.75) is 53.1 Å². The maximum absolute atomic E-state index is 11.1. The van der Waals surface area contributed by atoms with Gasteiger partial charge in [-0.1, -0.05) is 20.3 Å². The molecule has 0 rings (SSSR count). The second-order valence-corrected chi connectivity index (χ2v) is 4.20. The van der Waals surface area contributed by atoms with Gasteiger partial charge in [-0.2, -0.15) is 0 Å². The molecule has 0 fully saturated rings. The van der Waals surface area contributed by atoms with Crippen LogP contribution in [0.1, 0.15) is 47.0 Å². The minimum atomic E-state index is -0.0907. The van der Waals surface area contributed by atoms with E-state index in [1.54, 1.807) is 0 Å². The predicted octanol–water partition coefficient (Wildman–Crippen LogP) is 1.47. The lowest BCUT2D eigenvalue weighted by atomic mass is 10.3. The topological polar surface area (TPSA) is 67.4 Å². The summed E-state index contributed by atoms with van der Waals surface area (Å²) in [5.74, 6) is -0.0907. The van der Waals surface area contributed by atoms with Gasteiger partial charge in [0.05, 0.1) is 6.10 Å². The molecule has 108 valence electrons. The van der Waals surface area contributed by atoms with Crippen LogP contribution in [0.3, 0.4) is 0 Å². The molecule has 0 aliphatic rings. The number of ether oxygens (including phenoxy) is 1. The Morgan fingerprint density at radius 3 is 2.28 bits per heavy atom. The van der Waals surface area contributed by atoms with Gasteiger partial charge < -0.3 is 15.4 Å². The molecule has 5 heteroatoms. The summed E-state index contributed by atoms with van der Waals surface area (Å²) in [5, 5.41) is 5.29. The first-order valence-electron chi connectivity index (χ1n) is 6.63. The van der Waals surface area contributed by atoms with Crippen LogP contribution >= 0.6 is 0 Å². The lowest BCUT2D eigenvalue weighted by Gasteiger charge is -2.08. The third kappa shape index (κ3) is 20.3. The fraction of sp³-hybridized carbons (Fsp3) is 0.846. The number of carbonyl (C=O) groups excluding carboxylic acids is 2. The van der Waals surface area contributed by atoms with E-state index in [9.17, 15) is 9.59 Å². The summed E-state index contributed by atoms with van der Waals surface area (Å²) < 4.78 is 5.13. The van der Waals surface area contributed by atoms with E-state index in [-0.39, 0.29) is 18.6 Å². The largest absolute Gasteiger partial charge is 0.369 e. The molecule has 2 N–H and O–H groups in total. The van der Waals surface area contributed by atoms with Gasteiger partial charge in [-0.05, 0) is 26.7 Å². The first-order chi connectivity index (χ1) is 8.58. The molecule has 0 saturated carbocycles. The predicted molar refractivity (Wildman–Crippen MR) is 73.4 cm³/mol. The summed E-state index contributed by atoms with van der Waals surface area (Å²) in [6, 6.07) is 0. The summed E-state index contributed by atoms with van der Waals surface area (Å²) in [5.41, 5.74) is 0. The Bertz CT molecular complexity index is 197. The van der Waals surface area contributed by atoms with Gasteiger partial charge in [0.25, 0.3) is 0 Å². The highest BCUT2D eigenvalue weighted by atomic mass is 16.5. The smallest absolute Gasteiger partial charge is 0.246 e. The molecule has 0 atom stereocenters. The fourth-order valence-corrected chi connectivity index (χ4v) is 0.932. The highest BCUT2D eigenvalue weighted by Gasteiger charge is 2.01. The van der Waals surface area contributed by atoms with Gasteiger partial charge in [0, 0.05) is 13.1 Å². The maximum atomic E-state index is 11.1. The van der Waals surface area contributed by atoms with E-state index in [1.165, 1.54) is 6.42 Å². The Balaban J connectivity index is 0. The summed E-state index contributed by atoms with van der Waals surface area (Å²) in [6.45, 7) is 9.42. The summed E-state index contributed by atoms with van der Waals surface area (Å²) >= 11 is 0. The van der Waals surface area contributed by atoms with Crippen molar-refractivity contribution >= 4 is 12.3 Å². The molecule has 0 bridgehead atoms. The van der Waals surface area contributed by atoms with E-state index in [4.69, 9.17) is 4.74 Å². The molecule has 0 aromatic rings. The highest BCUT2D eigenvalue weighted by Crippen LogP contribution is 1.87. The van der Waals surface area contributed by atoms with Gasteiger partial charge in [-0.25, -0.2) is 0 Å². The van der Waals surface area contributed by atoms with Crippen molar-refractivity contribution in [2.24, 2.45) is 0 Å². The van der Waals surface area contributed by atoms with E-state index in [0.29, 0.717) is 19.5 Å².